The number of hydrogen-bond donors (Lipinski definition) is 1. The predicted octanol–water partition coefficient (Wildman–Crippen LogP) is 3.04. The Balaban J connectivity index is 1.74. The second kappa shape index (κ2) is 4.44. The van der Waals surface area contributed by atoms with Crippen molar-refractivity contribution in [1.82, 2.24) is 0 Å². The largest absolute Gasteiger partial charge is 0.325 e. The van der Waals surface area contributed by atoms with E-state index in [2.05, 4.69) is 18.7 Å². The molecule has 82 valence electrons. The molecule has 0 amide bonds. The van der Waals surface area contributed by atoms with Gasteiger partial charge in [-0.25, -0.2) is 0 Å². The zero-order valence-electron chi connectivity index (χ0n) is 9.30. The Labute approximate surface area is 92.2 Å². The molecule has 2 fully saturated rings. The predicted molar refractivity (Wildman–Crippen MR) is 64.6 cm³/mol. The van der Waals surface area contributed by atoms with Gasteiger partial charge in [0.1, 0.15) is 0 Å². The van der Waals surface area contributed by atoms with Gasteiger partial charge in [0.25, 0.3) is 0 Å². The number of rotatable bonds is 5. The van der Waals surface area contributed by atoms with E-state index >= 15 is 0 Å². The SMILES string of the molecule is CCSCCCC1(N)CC2CCC1C2. The first-order valence-corrected chi connectivity index (χ1v) is 7.26. The molecule has 0 aliphatic heterocycles. The lowest BCUT2D eigenvalue weighted by Gasteiger charge is -2.34. The van der Waals surface area contributed by atoms with Gasteiger partial charge in [-0.1, -0.05) is 13.3 Å². The molecule has 3 atom stereocenters. The molecule has 0 aromatic rings. The number of nitrogens with two attached hydrogens (primary N) is 1. The molecule has 2 N–H and O–H groups in total. The summed E-state index contributed by atoms with van der Waals surface area (Å²) in [5.41, 5.74) is 6.76. The van der Waals surface area contributed by atoms with Crippen molar-refractivity contribution in [3.8, 4) is 0 Å². The fourth-order valence-corrected chi connectivity index (χ4v) is 4.08. The van der Waals surface area contributed by atoms with Crippen LogP contribution in [0.2, 0.25) is 0 Å². The van der Waals surface area contributed by atoms with Gasteiger partial charge in [0.15, 0.2) is 0 Å². The van der Waals surface area contributed by atoms with E-state index < -0.39 is 0 Å². The van der Waals surface area contributed by atoms with Crippen molar-refractivity contribution in [3.63, 3.8) is 0 Å². The van der Waals surface area contributed by atoms with Crippen LogP contribution >= 0.6 is 11.8 Å². The Morgan fingerprint density at radius 2 is 2.29 bits per heavy atom. The quantitative estimate of drug-likeness (QED) is 0.710. The van der Waals surface area contributed by atoms with Gasteiger partial charge in [0, 0.05) is 5.54 Å². The standard InChI is InChI=1S/C12H23NS/c1-2-14-7-3-6-12(13)9-10-4-5-11(12)8-10/h10-11H,2-9,13H2,1H3. The third kappa shape index (κ3) is 2.11. The monoisotopic (exact) mass is 213 g/mol. The van der Waals surface area contributed by atoms with E-state index in [9.17, 15) is 0 Å². The van der Waals surface area contributed by atoms with Crippen molar-refractivity contribution in [2.45, 2.75) is 51.0 Å². The zero-order valence-corrected chi connectivity index (χ0v) is 10.1. The number of fused-ring (bicyclic) bond motifs is 2. The summed E-state index contributed by atoms with van der Waals surface area (Å²) in [6, 6.07) is 0. The van der Waals surface area contributed by atoms with E-state index in [0.29, 0.717) is 0 Å². The van der Waals surface area contributed by atoms with Crippen LogP contribution in [0.5, 0.6) is 0 Å². The Bertz CT molecular complexity index is 195. The number of thioether (sulfide) groups is 1. The van der Waals surface area contributed by atoms with Gasteiger partial charge < -0.3 is 5.73 Å². The average molecular weight is 213 g/mol. The van der Waals surface area contributed by atoms with Crippen LogP contribution in [-0.4, -0.2) is 17.0 Å². The smallest absolute Gasteiger partial charge is 0.0185 e. The Hall–Kier alpha value is 0.310. The maximum atomic E-state index is 6.52. The summed E-state index contributed by atoms with van der Waals surface area (Å²) in [6.07, 6.45) is 8.26. The molecule has 2 aliphatic rings. The Kier molecular flexibility index (Phi) is 3.43. The molecule has 0 aromatic carbocycles. The van der Waals surface area contributed by atoms with Crippen LogP contribution in [0.15, 0.2) is 0 Å². The molecule has 2 rings (SSSR count). The molecule has 3 unspecified atom stereocenters. The normalized spacial score (nSPS) is 40.7. The third-order valence-electron chi connectivity index (χ3n) is 4.16. The van der Waals surface area contributed by atoms with Crippen molar-refractivity contribution in [3.05, 3.63) is 0 Å². The van der Waals surface area contributed by atoms with Crippen LogP contribution in [-0.2, 0) is 0 Å². The van der Waals surface area contributed by atoms with Crippen LogP contribution in [0, 0.1) is 11.8 Å². The number of hydrogen-bond acceptors (Lipinski definition) is 2. The highest BCUT2D eigenvalue weighted by atomic mass is 32.2. The maximum absolute atomic E-state index is 6.52. The molecule has 0 saturated heterocycles. The van der Waals surface area contributed by atoms with Gasteiger partial charge in [-0.15, -0.1) is 0 Å². The molecule has 2 saturated carbocycles. The van der Waals surface area contributed by atoms with Crippen LogP contribution in [0.3, 0.4) is 0 Å². The van der Waals surface area contributed by atoms with Crippen molar-refractivity contribution in [2.24, 2.45) is 17.6 Å². The summed E-state index contributed by atoms with van der Waals surface area (Å²) in [6.45, 7) is 2.24. The lowest BCUT2D eigenvalue weighted by atomic mass is 9.79. The molecule has 14 heavy (non-hydrogen) atoms. The second-order valence-electron chi connectivity index (χ2n) is 5.11. The molecular formula is C12H23NS. The third-order valence-corrected chi connectivity index (χ3v) is 5.14. The second-order valence-corrected chi connectivity index (χ2v) is 6.51. The highest BCUT2D eigenvalue weighted by Gasteiger charge is 2.47. The summed E-state index contributed by atoms with van der Waals surface area (Å²) in [7, 11) is 0. The van der Waals surface area contributed by atoms with Gasteiger partial charge in [0.05, 0.1) is 0 Å². The Morgan fingerprint density at radius 1 is 1.43 bits per heavy atom. The minimum atomic E-state index is 0.247. The summed E-state index contributed by atoms with van der Waals surface area (Å²) in [4.78, 5) is 0. The minimum Gasteiger partial charge on any atom is -0.325 e. The van der Waals surface area contributed by atoms with Gasteiger partial charge >= 0.3 is 0 Å². The molecule has 2 heteroatoms. The molecule has 0 heterocycles. The first kappa shape index (κ1) is 10.8. The molecule has 2 bridgehead atoms. The van der Waals surface area contributed by atoms with Crippen LogP contribution in [0.1, 0.15) is 45.4 Å². The van der Waals surface area contributed by atoms with Crippen molar-refractivity contribution in [2.75, 3.05) is 11.5 Å². The van der Waals surface area contributed by atoms with Crippen LogP contribution < -0.4 is 5.73 Å². The van der Waals surface area contributed by atoms with Gasteiger partial charge in [0.2, 0.25) is 0 Å². The van der Waals surface area contributed by atoms with Crippen molar-refractivity contribution in [1.29, 1.82) is 0 Å². The summed E-state index contributed by atoms with van der Waals surface area (Å²) in [5, 5.41) is 0. The average Bonchev–Trinajstić information content (AvgIpc) is 2.72. The van der Waals surface area contributed by atoms with E-state index in [4.69, 9.17) is 5.73 Å². The van der Waals surface area contributed by atoms with E-state index in [-0.39, 0.29) is 5.54 Å². The molecule has 1 nitrogen and oxygen atoms in total. The van der Waals surface area contributed by atoms with Gasteiger partial charge in [-0.05, 0) is 55.4 Å². The van der Waals surface area contributed by atoms with Crippen molar-refractivity contribution >= 4 is 11.8 Å². The molecule has 0 aromatic heterocycles. The minimum absolute atomic E-state index is 0.247. The lowest BCUT2D eigenvalue weighted by molar-refractivity contribution is 0.252. The van der Waals surface area contributed by atoms with Gasteiger partial charge in [-0.2, -0.15) is 11.8 Å². The summed E-state index contributed by atoms with van der Waals surface area (Å²) >= 11 is 2.05. The first-order chi connectivity index (χ1) is 6.74. The summed E-state index contributed by atoms with van der Waals surface area (Å²) < 4.78 is 0. The molecule has 0 spiro atoms. The highest BCUT2D eigenvalue weighted by molar-refractivity contribution is 7.99. The van der Waals surface area contributed by atoms with E-state index in [1.165, 1.54) is 50.0 Å². The van der Waals surface area contributed by atoms with Crippen LogP contribution in [0.25, 0.3) is 0 Å². The molecule has 0 radical (unpaired) electrons. The zero-order chi connectivity index (χ0) is 10.0. The molecular weight excluding hydrogens is 190 g/mol. The topological polar surface area (TPSA) is 26.0 Å². The fourth-order valence-electron chi connectivity index (χ4n) is 3.44. The van der Waals surface area contributed by atoms with Crippen molar-refractivity contribution < 1.29 is 0 Å². The Morgan fingerprint density at radius 3 is 2.86 bits per heavy atom. The summed E-state index contributed by atoms with van der Waals surface area (Å²) in [5.74, 6) is 4.43. The fraction of sp³-hybridized carbons (Fsp3) is 1.00. The van der Waals surface area contributed by atoms with E-state index in [1.54, 1.807) is 0 Å². The van der Waals surface area contributed by atoms with E-state index in [0.717, 1.165) is 11.8 Å². The molecule has 2 aliphatic carbocycles. The maximum Gasteiger partial charge on any atom is 0.0185 e. The highest BCUT2D eigenvalue weighted by Crippen LogP contribution is 2.51. The van der Waals surface area contributed by atoms with Crippen LogP contribution in [0.4, 0.5) is 0 Å². The lowest BCUT2D eigenvalue weighted by Crippen LogP contribution is -2.44. The van der Waals surface area contributed by atoms with Gasteiger partial charge in [-0.3, -0.25) is 0 Å². The first-order valence-electron chi connectivity index (χ1n) is 6.11. The van der Waals surface area contributed by atoms with E-state index in [1.807, 2.05) is 0 Å².